The predicted octanol–water partition coefficient (Wildman–Crippen LogP) is 3.36. The zero-order valence-electron chi connectivity index (χ0n) is 15.0. The summed E-state index contributed by atoms with van der Waals surface area (Å²) in [7, 11) is 0. The third kappa shape index (κ3) is 4.18. The highest BCUT2D eigenvalue weighted by Crippen LogP contribution is 2.21. The van der Waals surface area contributed by atoms with Gasteiger partial charge < -0.3 is 14.6 Å². The van der Waals surface area contributed by atoms with Gasteiger partial charge in [-0.05, 0) is 48.5 Å². The molecule has 1 saturated heterocycles. The van der Waals surface area contributed by atoms with Crippen LogP contribution >= 0.6 is 0 Å². The van der Waals surface area contributed by atoms with E-state index < -0.39 is 0 Å². The van der Waals surface area contributed by atoms with Crippen molar-refractivity contribution < 1.29 is 13.9 Å². The number of hydrogen-bond acceptors (Lipinski definition) is 3. The fraction of sp³-hybridized carbons (Fsp3) is 0.286. The smallest absolute Gasteiger partial charge is 0.255 e. The number of morpholine rings is 1. The van der Waals surface area contributed by atoms with Gasteiger partial charge in [0.1, 0.15) is 5.82 Å². The molecule has 0 spiro atoms. The summed E-state index contributed by atoms with van der Waals surface area (Å²) in [6.45, 7) is 5.51. The molecule has 1 aromatic heterocycles. The standard InChI is InChI=1S/C21H22FN3O2/c22-18-3-1-16(2-4-18)21(26)23-19-5-6-20-17(15-19)7-8-25(20)10-9-24-11-13-27-14-12-24/h1-8,15H,9-14H2,(H,23,26). The SMILES string of the molecule is O=C(Nc1ccc2c(ccn2CCN2CCOCC2)c1)c1ccc(F)cc1. The number of benzene rings is 2. The van der Waals surface area contributed by atoms with Crippen LogP contribution in [0, 0.1) is 5.82 Å². The second-order valence-corrected chi connectivity index (χ2v) is 6.70. The molecule has 0 aliphatic carbocycles. The topological polar surface area (TPSA) is 46.5 Å². The van der Waals surface area contributed by atoms with Crippen molar-refractivity contribution in [1.82, 2.24) is 9.47 Å². The first-order chi connectivity index (χ1) is 13.2. The van der Waals surface area contributed by atoms with Crippen LogP contribution in [0.4, 0.5) is 10.1 Å². The molecular weight excluding hydrogens is 345 g/mol. The number of nitrogens with zero attached hydrogens (tertiary/aromatic N) is 2. The number of carbonyl (C=O) groups is 1. The zero-order valence-corrected chi connectivity index (χ0v) is 15.0. The van der Waals surface area contributed by atoms with Crippen LogP contribution < -0.4 is 5.32 Å². The number of anilines is 1. The van der Waals surface area contributed by atoms with Crippen molar-refractivity contribution in [3.8, 4) is 0 Å². The van der Waals surface area contributed by atoms with Gasteiger partial charge in [-0.25, -0.2) is 4.39 Å². The molecule has 1 amide bonds. The molecule has 140 valence electrons. The Labute approximate surface area is 157 Å². The van der Waals surface area contributed by atoms with Crippen molar-refractivity contribution >= 4 is 22.5 Å². The Bertz CT molecular complexity index is 930. The second kappa shape index (κ2) is 7.90. The fourth-order valence-electron chi connectivity index (χ4n) is 3.35. The predicted molar refractivity (Wildman–Crippen MR) is 104 cm³/mol. The van der Waals surface area contributed by atoms with Crippen LogP contribution in [0.3, 0.4) is 0 Å². The van der Waals surface area contributed by atoms with Crippen molar-refractivity contribution in [2.45, 2.75) is 6.54 Å². The number of rotatable bonds is 5. The maximum Gasteiger partial charge on any atom is 0.255 e. The normalized spacial score (nSPS) is 15.1. The maximum atomic E-state index is 13.0. The largest absolute Gasteiger partial charge is 0.379 e. The molecule has 0 unspecified atom stereocenters. The van der Waals surface area contributed by atoms with Gasteiger partial charge in [0, 0.05) is 54.5 Å². The molecule has 0 radical (unpaired) electrons. The number of hydrogen-bond donors (Lipinski definition) is 1. The molecule has 2 heterocycles. The highest BCUT2D eigenvalue weighted by molar-refractivity contribution is 6.05. The van der Waals surface area contributed by atoms with Gasteiger partial charge in [0.05, 0.1) is 13.2 Å². The third-order valence-corrected chi connectivity index (χ3v) is 4.90. The van der Waals surface area contributed by atoms with E-state index in [0.29, 0.717) is 5.56 Å². The lowest BCUT2D eigenvalue weighted by atomic mass is 10.2. The minimum absolute atomic E-state index is 0.249. The van der Waals surface area contributed by atoms with Gasteiger partial charge in [-0.1, -0.05) is 0 Å². The molecule has 0 bridgehead atoms. The van der Waals surface area contributed by atoms with E-state index in [9.17, 15) is 9.18 Å². The van der Waals surface area contributed by atoms with Gasteiger partial charge in [0.15, 0.2) is 0 Å². The summed E-state index contributed by atoms with van der Waals surface area (Å²) in [4.78, 5) is 14.7. The molecule has 5 nitrogen and oxygen atoms in total. The molecule has 0 saturated carbocycles. The lowest BCUT2D eigenvalue weighted by Crippen LogP contribution is -2.38. The van der Waals surface area contributed by atoms with Crippen molar-refractivity contribution in [3.05, 3.63) is 66.1 Å². The van der Waals surface area contributed by atoms with Crippen molar-refractivity contribution in [2.24, 2.45) is 0 Å². The first-order valence-electron chi connectivity index (χ1n) is 9.15. The summed E-state index contributed by atoms with van der Waals surface area (Å²) in [5.74, 6) is -0.604. The average Bonchev–Trinajstić information content (AvgIpc) is 3.10. The second-order valence-electron chi connectivity index (χ2n) is 6.70. The van der Waals surface area contributed by atoms with Gasteiger partial charge in [-0.15, -0.1) is 0 Å². The Hall–Kier alpha value is -2.70. The van der Waals surface area contributed by atoms with Gasteiger partial charge >= 0.3 is 0 Å². The summed E-state index contributed by atoms with van der Waals surface area (Å²) >= 11 is 0. The number of carbonyl (C=O) groups excluding carboxylic acids is 1. The van der Waals surface area contributed by atoms with Crippen LogP contribution in [-0.2, 0) is 11.3 Å². The van der Waals surface area contributed by atoms with E-state index in [0.717, 1.165) is 56.0 Å². The lowest BCUT2D eigenvalue weighted by molar-refractivity contribution is 0.0365. The van der Waals surface area contributed by atoms with Crippen LogP contribution in [-0.4, -0.2) is 48.2 Å². The van der Waals surface area contributed by atoms with E-state index in [2.05, 4.69) is 27.0 Å². The number of amides is 1. The lowest BCUT2D eigenvalue weighted by Gasteiger charge is -2.26. The Kier molecular flexibility index (Phi) is 5.18. The van der Waals surface area contributed by atoms with Gasteiger partial charge in [-0.2, -0.15) is 0 Å². The monoisotopic (exact) mass is 367 g/mol. The summed E-state index contributed by atoms with van der Waals surface area (Å²) < 4.78 is 20.6. The summed E-state index contributed by atoms with van der Waals surface area (Å²) in [6.07, 6.45) is 2.08. The van der Waals surface area contributed by atoms with E-state index >= 15 is 0 Å². The Balaban J connectivity index is 1.43. The molecule has 1 fully saturated rings. The van der Waals surface area contributed by atoms with E-state index in [1.807, 2.05) is 18.2 Å². The minimum atomic E-state index is -0.355. The fourth-order valence-corrected chi connectivity index (χ4v) is 3.35. The van der Waals surface area contributed by atoms with Crippen molar-refractivity contribution in [3.63, 3.8) is 0 Å². The van der Waals surface area contributed by atoms with Crippen LogP contribution in [0.25, 0.3) is 10.9 Å². The molecule has 4 rings (SSSR count). The molecule has 2 aromatic carbocycles. The molecule has 1 N–H and O–H groups in total. The highest BCUT2D eigenvalue weighted by atomic mass is 19.1. The molecule has 27 heavy (non-hydrogen) atoms. The van der Waals surface area contributed by atoms with Crippen LogP contribution in [0.2, 0.25) is 0 Å². The van der Waals surface area contributed by atoms with Crippen LogP contribution in [0.1, 0.15) is 10.4 Å². The number of ether oxygens (including phenoxy) is 1. The average molecular weight is 367 g/mol. The number of halogens is 1. The molecular formula is C21H22FN3O2. The molecule has 6 heteroatoms. The number of fused-ring (bicyclic) bond motifs is 1. The number of aromatic nitrogens is 1. The van der Waals surface area contributed by atoms with E-state index in [1.54, 1.807) is 0 Å². The van der Waals surface area contributed by atoms with Crippen molar-refractivity contribution in [2.75, 3.05) is 38.2 Å². The summed E-state index contributed by atoms with van der Waals surface area (Å²) in [5, 5.41) is 3.95. The quantitative estimate of drug-likeness (QED) is 0.752. The molecule has 1 aliphatic heterocycles. The van der Waals surface area contributed by atoms with E-state index in [-0.39, 0.29) is 11.7 Å². The first kappa shape index (κ1) is 17.7. The van der Waals surface area contributed by atoms with Crippen LogP contribution in [0.5, 0.6) is 0 Å². The maximum absolute atomic E-state index is 13.0. The first-order valence-corrected chi connectivity index (χ1v) is 9.15. The third-order valence-electron chi connectivity index (χ3n) is 4.90. The molecule has 3 aromatic rings. The Morgan fingerprint density at radius 2 is 1.81 bits per heavy atom. The summed E-state index contributed by atoms with van der Waals surface area (Å²) in [6, 6.07) is 13.5. The number of nitrogens with one attached hydrogen (secondary N) is 1. The molecule has 1 aliphatic rings. The Morgan fingerprint density at radius 1 is 1.04 bits per heavy atom. The minimum Gasteiger partial charge on any atom is -0.379 e. The Morgan fingerprint density at radius 3 is 2.59 bits per heavy atom. The van der Waals surface area contributed by atoms with E-state index in [1.165, 1.54) is 24.3 Å². The van der Waals surface area contributed by atoms with Gasteiger partial charge in [0.25, 0.3) is 5.91 Å². The van der Waals surface area contributed by atoms with Crippen molar-refractivity contribution in [1.29, 1.82) is 0 Å². The van der Waals surface area contributed by atoms with Gasteiger partial charge in [-0.3, -0.25) is 9.69 Å². The van der Waals surface area contributed by atoms with E-state index in [4.69, 9.17) is 4.74 Å². The van der Waals surface area contributed by atoms with Gasteiger partial charge in [0.2, 0.25) is 0 Å². The summed E-state index contributed by atoms with van der Waals surface area (Å²) in [5.41, 5.74) is 2.30. The van der Waals surface area contributed by atoms with Crippen LogP contribution in [0.15, 0.2) is 54.7 Å². The zero-order chi connectivity index (χ0) is 18.6. The molecule has 0 atom stereocenters. The highest BCUT2D eigenvalue weighted by Gasteiger charge is 2.11.